The van der Waals surface area contributed by atoms with Crippen LogP contribution in [0.5, 0.6) is 11.5 Å². The predicted molar refractivity (Wildman–Crippen MR) is 94.4 cm³/mol. The predicted octanol–water partition coefficient (Wildman–Crippen LogP) is 4.05. The smallest absolute Gasteiger partial charge is 0.271 e. The Labute approximate surface area is 149 Å². The van der Waals surface area contributed by atoms with Crippen molar-refractivity contribution in [3.8, 4) is 11.5 Å². The normalized spacial score (nSPS) is 11.5. The Morgan fingerprint density at radius 3 is 2.64 bits per heavy atom. The van der Waals surface area contributed by atoms with Gasteiger partial charge in [0.15, 0.2) is 6.10 Å². The molecule has 132 valence electrons. The molecule has 0 saturated heterocycles. The Kier molecular flexibility index (Phi) is 6.19. The van der Waals surface area contributed by atoms with Gasteiger partial charge >= 0.3 is 0 Å². The first-order valence-electron chi connectivity index (χ1n) is 7.50. The molecule has 0 bridgehead atoms. The van der Waals surface area contributed by atoms with Gasteiger partial charge < -0.3 is 14.8 Å². The third-order valence-corrected chi connectivity index (χ3v) is 3.73. The number of benzene rings is 2. The highest BCUT2D eigenvalue weighted by molar-refractivity contribution is 6.33. The quantitative estimate of drug-likeness (QED) is 0.591. The number of halogens is 1. The summed E-state index contributed by atoms with van der Waals surface area (Å²) in [6.45, 7) is 1.79. The number of rotatable bonds is 7. The van der Waals surface area contributed by atoms with E-state index in [2.05, 4.69) is 5.32 Å². The molecule has 2 aromatic carbocycles. The number of carbonyl (C=O) groups is 1. The lowest BCUT2D eigenvalue weighted by molar-refractivity contribution is -0.384. The van der Waals surface area contributed by atoms with E-state index in [4.69, 9.17) is 21.1 Å². The molecule has 0 spiro atoms. The average molecular weight is 365 g/mol. The molecule has 0 radical (unpaired) electrons. The minimum Gasteiger partial charge on any atom is -0.497 e. The summed E-state index contributed by atoms with van der Waals surface area (Å²) in [7, 11) is 1.54. The average Bonchev–Trinajstić information content (AvgIpc) is 2.61. The molecule has 0 fully saturated rings. The van der Waals surface area contributed by atoms with E-state index in [1.165, 1.54) is 25.3 Å². The summed E-state index contributed by atoms with van der Waals surface area (Å²) in [6.07, 6.45) is -0.391. The Balaban J connectivity index is 2.14. The number of carbonyl (C=O) groups excluding carboxylic acids is 1. The van der Waals surface area contributed by atoms with E-state index in [9.17, 15) is 14.9 Å². The number of amides is 1. The molecule has 1 atom stereocenters. The summed E-state index contributed by atoms with van der Waals surface area (Å²) >= 11 is 6.00. The van der Waals surface area contributed by atoms with Crippen LogP contribution < -0.4 is 14.8 Å². The molecule has 0 heterocycles. The standard InChI is InChI=1S/C17H17ClN2O5/c1-3-16(25-13-6-4-5-12(10-13)24-2)17(21)19-15-9-11(20(22)23)7-8-14(15)18/h4-10,16H,3H2,1-2H3,(H,19,21)/t16-/m0/s1. The Morgan fingerprint density at radius 2 is 2.00 bits per heavy atom. The van der Waals surface area contributed by atoms with Crippen LogP contribution in [-0.4, -0.2) is 24.0 Å². The fraction of sp³-hybridized carbons (Fsp3) is 0.235. The minimum atomic E-state index is -0.789. The van der Waals surface area contributed by atoms with Gasteiger partial charge in [0.2, 0.25) is 0 Å². The van der Waals surface area contributed by atoms with E-state index in [1.54, 1.807) is 31.2 Å². The number of hydrogen-bond donors (Lipinski definition) is 1. The zero-order valence-electron chi connectivity index (χ0n) is 13.7. The molecule has 1 N–H and O–H groups in total. The third kappa shape index (κ3) is 4.84. The van der Waals surface area contributed by atoms with Crippen molar-refractivity contribution >= 4 is 28.9 Å². The van der Waals surface area contributed by atoms with E-state index in [0.717, 1.165) is 0 Å². The number of ether oxygens (including phenoxy) is 2. The third-order valence-electron chi connectivity index (χ3n) is 3.40. The molecule has 0 unspecified atom stereocenters. The lowest BCUT2D eigenvalue weighted by Crippen LogP contribution is -2.32. The van der Waals surface area contributed by atoms with Crippen molar-refractivity contribution in [3.63, 3.8) is 0 Å². The Morgan fingerprint density at radius 1 is 1.28 bits per heavy atom. The Bertz CT molecular complexity index is 781. The second-order valence-corrected chi connectivity index (χ2v) is 5.51. The van der Waals surface area contributed by atoms with Crippen molar-refractivity contribution in [2.24, 2.45) is 0 Å². The highest BCUT2D eigenvalue weighted by Gasteiger charge is 2.21. The van der Waals surface area contributed by atoms with Gasteiger partial charge in [-0.05, 0) is 24.6 Å². The maximum atomic E-state index is 12.4. The molecule has 0 saturated carbocycles. The van der Waals surface area contributed by atoms with Gasteiger partial charge in [-0.15, -0.1) is 0 Å². The number of nitro groups is 1. The number of nitrogens with one attached hydrogen (secondary N) is 1. The fourth-order valence-corrected chi connectivity index (χ4v) is 2.26. The molecule has 2 rings (SSSR count). The molecule has 8 heteroatoms. The lowest BCUT2D eigenvalue weighted by Gasteiger charge is -2.18. The van der Waals surface area contributed by atoms with Crippen molar-refractivity contribution in [2.75, 3.05) is 12.4 Å². The van der Waals surface area contributed by atoms with Crippen LogP contribution in [0.4, 0.5) is 11.4 Å². The summed E-state index contributed by atoms with van der Waals surface area (Å²) in [5, 5.41) is 13.6. The first kappa shape index (κ1) is 18.5. The second kappa shape index (κ2) is 8.34. The molecule has 25 heavy (non-hydrogen) atoms. The number of non-ortho nitro benzene ring substituents is 1. The summed E-state index contributed by atoms with van der Waals surface area (Å²) in [5.74, 6) is 0.633. The van der Waals surface area contributed by atoms with Gasteiger partial charge in [0, 0.05) is 18.2 Å². The number of nitrogens with zero attached hydrogens (tertiary/aromatic N) is 1. The topological polar surface area (TPSA) is 90.7 Å². The fourth-order valence-electron chi connectivity index (χ4n) is 2.10. The van der Waals surface area contributed by atoms with E-state index >= 15 is 0 Å². The van der Waals surface area contributed by atoms with E-state index < -0.39 is 16.9 Å². The monoisotopic (exact) mass is 364 g/mol. The van der Waals surface area contributed by atoms with Crippen molar-refractivity contribution in [3.05, 3.63) is 57.6 Å². The van der Waals surface area contributed by atoms with Gasteiger partial charge in [-0.2, -0.15) is 0 Å². The van der Waals surface area contributed by atoms with Crippen LogP contribution in [-0.2, 0) is 4.79 Å². The van der Waals surface area contributed by atoms with Crippen LogP contribution >= 0.6 is 11.6 Å². The molecule has 0 aliphatic rings. The van der Waals surface area contributed by atoms with Gasteiger partial charge in [-0.1, -0.05) is 24.6 Å². The highest BCUT2D eigenvalue weighted by Crippen LogP contribution is 2.27. The maximum absolute atomic E-state index is 12.4. The van der Waals surface area contributed by atoms with Crippen LogP contribution in [0.3, 0.4) is 0 Å². The van der Waals surface area contributed by atoms with Crippen LogP contribution in [0, 0.1) is 10.1 Å². The van der Waals surface area contributed by atoms with Crippen LogP contribution in [0.2, 0.25) is 5.02 Å². The van der Waals surface area contributed by atoms with Gasteiger partial charge in [0.05, 0.1) is 22.7 Å². The minimum absolute atomic E-state index is 0.161. The van der Waals surface area contributed by atoms with Crippen LogP contribution in [0.15, 0.2) is 42.5 Å². The van der Waals surface area contributed by atoms with Gasteiger partial charge in [0.25, 0.3) is 11.6 Å². The lowest BCUT2D eigenvalue weighted by atomic mass is 10.2. The molecule has 0 aliphatic carbocycles. The summed E-state index contributed by atoms with van der Waals surface area (Å²) in [5.41, 5.74) is -0.00461. The summed E-state index contributed by atoms with van der Waals surface area (Å²) in [6, 6.07) is 10.7. The van der Waals surface area contributed by atoms with Crippen molar-refractivity contribution in [1.82, 2.24) is 0 Å². The Hall–Kier alpha value is -2.80. The summed E-state index contributed by atoms with van der Waals surface area (Å²) in [4.78, 5) is 22.7. The second-order valence-electron chi connectivity index (χ2n) is 5.10. The van der Waals surface area contributed by atoms with Crippen molar-refractivity contribution in [1.29, 1.82) is 0 Å². The number of methoxy groups -OCH3 is 1. The number of hydrogen-bond acceptors (Lipinski definition) is 5. The maximum Gasteiger partial charge on any atom is 0.271 e. The molecule has 7 nitrogen and oxygen atoms in total. The van der Waals surface area contributed by atoms with Crippen molar-refractivity contribution < 1.29 is 19.2 Å². The molecular formula is C17H17ClN2O5. The van der Waals surface area contributed by atoms with Crippen molar-refractivity contribution in [2.45, 2.75) is 19.4 Å². The largest absolute Gasteiger partial charge is 0.497 e. The molecular weight excluding hydrogens is 348 g/mol. The van der Waals surface area contributed by atoms with Crippen LogP contribution in [0.1, 0.15) is 13.3 Å². The SMILES string of the molecule is CC[C@H](Oc1cccc(OC)c1)C(=O)Nc1cc([N+](=O)[O-])ccc1Cl. The molecule has 1 amide bonds. The van der Waals surface area contributed by atoms with E-state index in [0.29, 0.717) is 17.9 Å². The summed E-state index contributed by atoms with van der Waals surface area (Å²) < 4.78 is 10.8. The molecule has 2 aromatic rings. The first-order chi connectivity index (χ1) is 11.9. The zero-order valence-corrected chi connectivity index (χ0v) is 14.4. The first-order valence-corrected chi connectivity index (χ1v) is 7.88. The van der Waals surface area contributed by atoms with Gasteiger partial charge in [-0.25, -0.2) is 0 Å². The molecule has 0 aromatic heterocycles. The number of nitro benzene ring substituents is 1. The van der Waals surface area contributed by atoms with E-state index in [1.807, 2.05) is 0 Å². The zero-order chi connectivity index (χ0) is 18.4. The molecule has 0 aliphatic heterocycles. The number of anilines is 1. The van der Waals surface area contributed by atoms with Crippen LogP contribution in [0.25, 0.3) is 0 Å². The van der Waals surface area contributed by atoms with Gasteiger partial charge in [0.1, 0.15) is 11.5 Å². The highest BCUT2D eigenvalue weighted by atomic mass is 35.5. The van der Waals surface area contributed by atoms with E-state index in [-0.39, 0.29) is 16.4 Å². The van der Waals surface area contributed by atoms with Gasteiger partial charge in [-0.3, -0.25) is 14.9 Å².